The molecule has 1 aromatic heterocycles. The van der Waals surface area contributed by atoms with Crippen molar-refractivity contribution in [3.63, 3.8) is 0 Å². The van der Waals surface area contributed by atoms with Crippen molar-refractivity contribution in [2.75, 3.05) is 0 Å². The Bertz CT molecular complexity index is 1320. The van der Waals surface area contributed by atoms with Crippen LogP contribution < -0.4 is 0 Å². The third kappa shape index (κ3) is 3.19. The molecular formula is C25H18N4O. The summed E-state index contributed by atoms with van der Waals surface area (Å²) < 4.78 is 1.83. The Morgan fingerprint density at radius 3 is 2.13 bits per heavy atom. The lowest BCUT2D eigenvalue weighted by atomic mass is 9.95. The molecule has 0 saturated carbocycles. The first-order valence-electron chi connectivity index (χ1n) is 9.43. The number of nitrogens with zero attached hydrogens (tertiary/aromatic N) is 4. The number of para-hydroxylation sites is 1. The van der Waals surface area contributed by atoms with Gasteiger partial charge in [0.15, 0.2) is 0 Å². The van der Waals surface area contributed by atoms with Crippen LogP contribution in [0.15, 0.2) is 66.7 Å². The predicted octanol–water partition coefficient (Wildman–Crippen LogP) is 5.27. The lowest BCUT2D eigenvalue weighted by molar-refractivity contribution is 0.477. The van der Waals surface area contributed by atoms with Gasteiger partial charge in [-0.05, 0) is 38.1 Å². The van der Waals surface area contributed by atoms with Crippen molar-refractivity contribution in [2.45, 2.75) is 13.8 Å². The number of hydrogen-bond acceptors (Lipinski definition) is 4. The van der Waals surface area contributed by atoms with Crippen LogP contribution in [-0.2, 0) is 0 Å². The fourth-order valence-corrected chi connectivity index (χ4v) is 3.53. The minimum Gasteiger partial charge on any atom is -0.507 e. The van der Waals surface area contributed by atoms with Crippen LogP contribution in [0.4, 0.5) is 0 Å². The molecule has 4 aromatic rings. The average molecular weight is 390 g/mol. The number of aromatic hydroxyl groups is 1. The van der Waals surface area contributed by atoms with Gasteiger partial charge in [0, 0.05) is 22.4 Å². The number of phenols is 1. The summed E-state index contributed by atoms with van der Waals surface area (Å²) in [6.45, 7) is 3.95. The molecule has 0 aliphatic rings. The van der Waals surface area contributed by atoms with E-state index in [1.165, 1.54) is 6.07 Å². The van der Waals surface area contributed by atoms with E-state index in [1.807, 2.05) is 85.3 Å². The molecule has 0 unspecified atom stereocenters. The maximum atomic E-state index is 10.7. The zero-order chi connectivity index (χ0) is 21.3. The molecule has 0 aliphatic heterocycles. The fraction of sp³-hybridized carbons (Fsp3) is 0.0800. The van der Waals surface area contributed by atoms with E-state index < -0.39 is 0 Å². The predicted molar refractivity (Wildman–Crippen MR) is 115 cm³/mol. The number of aryl methyl sites for hydroxylation is 1. The van der Waals surface area contributed by atoms with Crippen LogP contribution in [0, 0.1) is 36.5 Å². The first-order chi connectivity index (χ1) is 14.5. The maximum absolute atomic E-state index is 10.7. The van der Waals surface area contributed by atoms with Gasteiger partial charge in [0.05, 0.1) is 16.8 Å². The van der Waals surface area contributed by atoms with Crippen molar-refractivity contribution >= 4 is 0 Å². The highest BCUT2D eigenvalue weighted by Crippen LogP contribution is 2.40. The third-order valence-electron chi connectivity index (χ3n) is 5.09. The molecule has 3 aromatic carbocycles. The van der Waals surface area contributed by atoms with Crippen molar-refractivity contribution in [1.82, 2.24) is 9.78 Å². The summed E-state index contributed by atoms with van der Waals surface area (Å²) in [4.78, 5) is 0. The smallest absolute Gasteiger partial charge is 0.124 e. The van der Waals surface area contributed by atoms with Crippen molar-refractivity contribution < 1.29 is 5.11 Å². The molecule has 0 bridgehead atoms. The Balaban J connectivity index is 2.04. The second kappa shape index (κ2) is 7.58. The Morgan fingerprint density at radius 2 is 1.50 bits per heavy atom. The molecule has 0 spiro atoms. The maximum Gasteiger partial charge on any atom is 0.124 e. The molecule has 144 valence electrons. The number of rotatable bonds is 3. The van der Waals surface area contributed by atoms with Gasteiger partial charge in [0.1, 0.15) is 23.6 Å². The molecule has 5 heteroatoms. The zero-order valence-corrected chi connectivity index (χ0v) is 16.6. The first-order valence-corrected chi connectivity index (χ1v) is 9.43. The summed E-state index contributed by atoms with van der Waals surface area (Å²) in [6.07, 6.45) is 0. The van der Waals surface area contributed by atoms with Crippen LogP contribution >= 0.6 is 0 Å². The number of benzene rings is 3. The van der Waals surface area contributed by atoms with E-state index in [9.17, 15) is 15.6 Å². The number of nitriles is 2. The molecule has 0 amide bonds. The molecule has 4 rings (SSSR count). The summed E-state index contributed by atoms with van der Waals surface area (Å²) in [5.41, 5.74) is 5.99. The molecule has 30 heavy (non-hydrogen) atoms. The quantitative estimate of drug-likeness (QED) is 0.516. The van der Waals surface area contributed by atoms with Crippen LogP contribution in [0.1, 0.15) is 22.4 Å². The third-order valence-corrected chi connectivity index (χ3v) is 5.09. The molecule has 5 nitrogen and oxygen atoms in total. The van der Waals surface area contributed by atoms with Gasteiger partial charge < -0.3 is 5.11 Å². The lowest BCUT2D eigenvalue weighted by Gasteiger charge is -2.09. The number of hydrogen-bond donors (Lipinski definition) is 1. The molecule has 1 heterocycles. The van der Waals surface area contributed by atoms with Gasteiger partial charge in [-0.15, -0.1) is 0 Å². The van der Waals surface area contributed by atoms with Crippen molar-refractivity contribution in [2.24, 2.45) is 0 Å². The Hall–Kier alpha value is -4.35. The summed E-state index contributed by atoms with van der Waals surface area (Å²) in [7, 11) is 0. The van der Waals surface area contributed by atoms with Crippen LogP contribution in [0.5, 0.6) is 5.75 Å². The molecule has 0 aliphatic carbocycles. The van der Waals surface area contributed by atoms with E-state index in [1.54, 1.807) is 6.07 Å². The van der Waals surface area contributed by atoms with Crippen LogP contribution in [-0.4, -0.2) is 14.9 Å². The fourth-order valence-electron chi connectivity index (χ4n) is 3.53. The van der Waals surface area contributed by atoms with Gasteiger partial charge >= 0.3 is 0 Å². The van der Waals surface area contributed by atoms with E-state index >= 15 is 0 Å². The largest absolute Gasteiger partial charge is 0.507 e. The van der Waals surface area contributed by atoms with Gasteiger partial charge in [-0.2, -0.15) is 15.6 Å². The molecule has 0 radical (unpaired) electrons. The van der Waals surface area contributed by atoms with E-state index in [4.69, 9.17) is 5.10 Å². The van der Waals surface area contributed by atoms with E-state index in [-0.39, 0.29) is 16.9 Å². The standard InChI is InChI=1S/C25H18N4O/c1-16-8-10-18(11-9-16)25-24(17(2)29(28-25)21-6-4-3-5-7-21)22-12-19(14-26)20(15-27)13-23(22)30/h3-13,30H,1-2H3. The minimum atomic E-state index is -0.0605. The summed E-state index contributed by atoms with van der Waals surface area (Å²) in [5.74, 6) is -0.0605. The van der Waals surface area contributed by atoms with Crippen LogP contribution in [0.25, 0.3) is 28.1 Å². The lowest BCUT2D eigenvalue weighted by Crippen LogP contribution is -1.98. The van der Waals surface area contributed by atoms with Gasteiger partial charge in [-0.3, -0.25) is 0 Å². The SMILES string of the molecule is Cc1ccc(-c2nn(-c3ccccc3)c(C)c2-c2cc(C#N)c(C#N)cc2O)cc1. The van der Waals surface area contributed by atoms with Gasteiger partial charge in [0.2, 0.25) is 0 Å². The summed E-state index contributed by atoms with van der Waals surface area (Å²) in [6, 6.07) is 24.6. The zero-order valence-electron chi connectivity index (χ0n) is 16.6. The Kier molecular flexibility index (Phi) is 4.80. The van der Waals surface area contributed by atoms with Crippen molar-refractivity contribution in [1.29, 1.82) is 10.5 Å². The molecular weight excluding hydrogens is 372 g/mol. The normalized spacial score (nSPS) is 10.4. The second-order valence-electron chi connectivity index (χ2n) is 7.06. The average Bonchev–Trinajstić information content (AvgIpc) is 3.11. The van der Waals surface area contributed by atoms with E-state index in [2.05, 4.69) is 0 Å². The number of phenolic OH excluding ortho intramolecular Hbond substituents is 1. The summed E-state index contributed by atoms with van der Waals surface area (Å²) >= 11 is 0. The van der Waals surface area contributed by atoms with Gasteiger partial charge in [-0.1, -0.05) is 48.0 Å². The van der Waals surface area contributed by atoms with Gasteiger partial charge in [0.25, 0.3) is 0 Å². The highest BCUT2D eigenvalue weighted by molar-refractivity contribution is 5.87. The van der Waals surface area contributed by atoms with Gasteiger partial charge in [-0.25, -0.2) is 4.68 Å². The van der Waals surface area contributed by atoms with Crippen molar-refractivity contribution in [3.8, 4) is 46.0 Å². The van der Waals surface area contributed by atoms with E-state index in [0.717, 1.165) is 28.1 Å². The first kappa shape index (κ1) is 19.0. The summed E-state index contributed by atoms with van der Waals surface area (Å²) in [5, 5.41) is 34.3. The number of aromatic nitrogens is 2. The Morgan fingerprint density at radius 1 is 0.867 bits per heavy atom. The molecule has 0 fully saturated rings. The Labute approximate surface area is 174 Å². The second-order valence-corrected chi connectivity index (χ2v) is 7.06. The highest BCUT2D eigenvalue weighted by atomic mass is 16.3. The minimum absolute atomic E-state index is 0.0605. The topological polar surface area (TPSA) is 85.6 Å². The monoisotopic (exact) mass is 390 g/mol. The van der Waals surface area contributed by atoms with Crippen LogP contribution in [0.2, 0.25) is 0 Å². The molecule has 0 atom stereocenters. The molecule has 1 N–H and O–H groups in total. The molecule has 0 saturated heterocycles. The van der Waals surface area contributed by atoms with E-state index in [0.29, 0.717) is 11.3 Å². The van der Waals surface area contributed by atoms with Crippen LogP contribution in [0.3, 0.4) is 0 Å². The van der Waals surface area contributed by atoms with Crippen molar-refractivity contribution in [3.05, 3.63) is 89.1 Å². The highest BCUT2D eigenvalue weighted by Gasteiger charge is 2.22.